The van der Waals surface area contributed by atoms with Crippen molar-refractivity contribution in [1.29, 1.82) is 0 Å². The lowest BCUT2D eigenvalue weighted by atomic mass is 9.85. The summed E-state index contributed by atoms with van der Waals surface area (Å²) in [4.78, 5) is 34.6. The molecule has 1 saturated heterocycles. The number of anilines is 1. The van der Waals surface area contributed by atoms with Gasteiger partial charge in [0.2, 0.25) is 5.91 Å². The summed E-state index contributed by atoms with van der Waals surface area (Å²) in [6.45, 7) is 7.70. The van der Waals surface area contributed by atoms with E-state index in [0.29, 0.717) is 17.6 Å². The number of rotatable bonds is 4. The van der Waals surface area contributed by atoms with Crippen LogP contribution in [0.25, 0.3) is 0 Å². The number of nitrogens with one attached hydrogen (secondary N) is 1. The second kappa shape index (κ2) is 9.04. The topological polar surface area (TPSA) is 65.5 Å². The number of aryl methyl sites for hydroxylation is 1. The Labute approximate surface area is 166 Å². The van der Waals surface area contributed by atoms with E-state index in [-0.39, 0.29) is 18.0 Å². The number of thiazole rings is 1. The molecule has 27 heavy (non-hydrogen) atoms. The molecule has 1 N–H and O–H groups in total. The van der Waals surface area contributed by atoms with Gasteiger partial charge in [-0.15, -0.1) is 11.3 Å². The maximum absolute atomic E-state index is 13.2. The van der Waals surface area contributed by atoms with Crippen molar-refractivity contribution in [2.75, 3.05) is 18.4 Å². The fourth-order valence-electron chi connectivity index (χ4n) is 4.34. The van der Waals surface area contributed by atoms with E-state index >= 15 is 0 Å². The summed E-state index contributed by atoms with van der Waals surface area (Å²) < 4.78 is 0. The van der Waals surface area contributed by atoms with Crippen LogP contribution in [-0.2, 0) is 4.79 Å². The van der Waals surface area contributed by atoms with Crippen LogP contribution in [0, 0.1) is 12.8 Å². The molecule has 0 atom stereocenters. The Balaban J connectivity index is 1.70. The molecule has 0 aromatic carbocycles. The molecule has 6 nitrogen and oxygen atoms in total. The Morgan fingerprint density at radius 2 is 1.81 bits per heavy atom. The normalized spacial score (nSPS) is 23.9. The average Bonchev–Trinajstić information content (AvgIpc) is 3.08. The van der Waals surface area contributed by atoms with Crippen LogP contribution >= 0.6 is 11.3 Å². The molecule has 1 aliphatic carbocycles. The molecular formula is C20H32N4O2S. The Hall–Kier alpha value is -1.63. The monoisotopic (exact) mass is 392 g/mol. The molecule has 3 amide bonds. The van der Waals surface area contributed by atoms with E-state index in [1.165, 1.54) is 24.2 Å². The predicted octanol–water partition coefficient (Wildman–Crippen LogP) is 4.27. The minimum atomic E-state index is -0.0239. The second-order valence-electron chi connectivity index (χ2n) is 7.99. The fourth-order valence-corrected chi connectivity index (χ4v) is 4.99. The summed E-state index contributed by atoms with van der Waals surface area (Å²) >= 11 is 1.51. The van der Waals surface area contributed by atoms with Crippen molar-refractivity contribution >= 4 is 28.4 Å². The summed E-state index contributed by atoms with van der Waals surface area (Å²) in [5.74, 6) is 0.964. The van der Waals surface area contributed by atoms with Crippen LogP contribution in [0.15, 0.2) is 6.20 Å². The first-order chi connectivity index (χ1) is 13.0. The quantitative estimate of drug-likeness (QED) is 0.832. The molecule has 1 aromatic heterocycles. The summed E-state index contributed by atoms with van der Waals surface area (Å²) in [6.07, 6.45) is 8.57. The molecule has 3 rings (SSSR count). The SMILES string of the molecule is CCC(=O)N1CCC(N(C(=O)Nc2ncc(C)s2)C2CCC(C)CC2)CC1. The maximum Gasteiger partial charge on any atom is 0.324 e. The van der Waals surface area contributed by atoms with Crippen molar-refractivity contribution in [3.05, 3.63) is 11.1 Å². The van der Waals surface area contributed by atoms with Gasteiger partial charge in [0.05, 0.1) is 0 Å². The molecule has 7 heteroatoms. The largest absolute Gasteiger partial charge is 0.343 e. The number of nitrogens with zero attached hydrogens (tertiary/aromatic N) is 3. The molecule has 1 aliphatic heterocycles. The van der Waals surface area contributed by atoms with E-state index in [1.807, 2.05) is 18.7 Å². The van der Waals surface area contributed by atoms with E-state index in [2.05, 4.69) is 22.1 Å². The fraction of sp³-hybridized carbons (Fsp3) is 0.750. The van der Waals surface area contributed by atoms with Crippen molar-refractivity contribution in [1.82, 2.24) is 14.8 Å². The lowest BCUT2D eigenvalue weighted by Gasteiger charge is -2.44. The van der Waals surface area contributed by atoms with Gasteiger partial charge in [-0.3, -0.25) is 10.1 Å². The number of carbonyl (C=O) groups is 2. The van der Waals surface area contributed by atoms with Gasteiger partial charge < -0.3 is 9.80 Å². The molecule has 2 aliphatic rings. The lowest BCUT2D eigenvalue weighted by molar-refractivity contribution is -0.132. The average molecular weight is 393 g/mol. The van der Waals surface area contributed by atoms with Crippen LogP contribution in [0.4, 0.5) is 9.93 Å². The highest BCUT2D eigenvalue weighted by Gasteiger charge is 2.35. The van der Waals surface area contributed by atoms with Gasteiger partial charge in [0.25, 0.3) is 0 Å². The molecule has 2 heterocycles. The van der Waals surface area contributed by atoms with Crippen molar-refractivity contribution in [3.8, 4) is 0 Å². The first kappa shape index (κ1) is 20.1. The number of carbonyl (C=O) groups excluding carboxylic acids is 2. The summed E-state index contributed by atoms with van der Waals surface area (Å²) in [5.41, 5.74) is 0. The van der Waals surface area contributed by atoms with Gasteiger partial charge in [0.1, 0.15) is 0 Å². The van der Waals surface area contributed by atoms with Crippen LogP contribution in [0.2, 0.25) is 0 Å². The van der Waals surface area contributed by atoms with Gasteiger partial charge in [-0.2, -0.15) is 0 Å². The molecule has 2 fully saturated rings. The third-order valence-electron chi connectivity index (χ3n) is 5.96. The minimum Gasteiger partial charge on any atom is -0.343 e. The first-order valence-corrected chi connectivity index (χ1v) is 11.1. The smallest absolute Gasteiger partial charge is 0.324 e. The molecular weight excluding hydrogens is 360 g/mol. The number of likely N-dealkylation sites (tertiary alicyclic amines) is 1. The zero-order valence-electron chi connectivity index (χ0n) is 16.7. The highest BCUT2D eigenvalue weighted by Crippen LogP contribution is 2.31. The van der Waals surface area contributed by atoms with Gasteiger partial charge in [-0.1, -0.05) is 13.8 Å². The van der Waals surface area contributed by atoms with Crippen molar-refractivity contribution in [3.63, 3.8) is 0 Å². The van der Waals surface area contributed by atoms with Crippen LogP contribution in [0.5, 0.6) is 0 Å². The molecule has 0 unspecified atom stereocenters. The van der Waals surface area contributed by atoms with E-state index < -0.39 is 0 Å². The van der Waals surface area contributed by atoms with E-state index in [1.54, 1.807) is 6.20 Å². The van der Waals surface area contributed by atoms with E-state index in [9.17, 15) is 9.59 Å². The Morgan fingerprint density at radius 3 is 2.37 bits per heavy atom. The Kier molecular flexibility index (Phi) is 6.73. The highest BCUT2D eigenvalue weighted by molar-refractivity contribution is 7.15. The second-order valence-corrected chi connectivity index (χ2v) is 9.23. The zero-order valence-corrected chi connectivity index (χ0v) is 17.6. The third kappa shape index (κ3) is 5.00. The van der Waals surface area contributed by atoms with Gasteiger partial charge >= 0.3 is 6.03 Å². The number of urea groups is 1. The van der Waals surface area contributed by atoms with Gasteiger partial charge in [-0.25, -0.2) is 9.78 Å². The highest BCUT2D eigenvalue weighted by atomic mass is 32.1. The number of amides is 3. The Bertz CT molecular complexity index is 646. The van der Waals surface area contributed by atoms with Gasteiger partial charge in [0, 0.05) is 42.7 Å². The molecule has 0 bridgehead atoms. The Morgan fingerprint density at radius 1 is 1.19 bits per heavy atom. The number of hydrogen-bond donors (Lipinski definition) is 1. The zero-order chi connectivity index (χ0) is 19.4. The molecule has 1 aromatic rings. The molecule has 0 radical (unpaired) electrons. The molecule has 150 valence electrons. The maximum atomic E-state index is 13.2. The first-order valence-electron chi connectivity index (χ1n) is 10.3. The van der Waals surface area contributed by atoms with Crippen LogP contribution in [-0.4, -0.2) is 51.9 Å². The number of piperidine rings is 1. The van der Waals surface area contributed by atoms with Gasteiger partial charge in [0.15, 0.2) is 5.13 Å². The summed E-state index contributed by atoms with van der Waals surface area (Å²) in [6, 6.07) is 0.468. The van der Waals surface area contributed by atoms with E-state index in [4.69, 9.17) is 0 Å². The number of aromatic nitrogens is 1. The van der Waals surface area contributed by atoms with Crippen molar-refractivity contribution in [2.45, 2.75) is 77.8 Å². The third-order valence-corrected chi connectivity index (χ3v) is 6.79. The van der Waals surface area contributed by atoms with Crippen LogP contribution in [0.1, 0.15) is 63.7 Å². The lowest BCUT2D eigenvalue weighted by Crippen LogP contribution is -2.54. The molecule has 1 saturated carbocycles. The van der Waals surface area contributed by atoms with Crippen LogP contribution < -0.4 is 5.32 Å². The van der Waals surface area contributed by atoms with Crippen molar-refractivity contribution < 1.29 is 9.59 Å². The predicted molar refractivity (Wildman–Crippen MR) is 109 cm³/mol. The standard InChI is InChI=1S/C20H32N4O2S/c1-4-18(25)23-11-9-17(10-12-23)24(16-7-5-14(2)6-8-16)20(26)22-19-21-13-15(3)27-19/h13-14,16-17H,4-12H2,1-3H3,(H,21,22,26). The van der Waals surface area contributed by atoms with Crippen LogP contribution in [0.3, 0.4) is 0 Å². The molecule has 0 spiro atoms. The van der Waals surface area contributed by atoms with Crippen molar-refractivity contribution in [2.24, 2.45) is 5.92 Å². The van der Waals surface area contributed by atoms with Gasteiger partial charge in [-0.05, 0) is 51.4 Å². The van der Waals surface area contributed by atoms with E-state index in [0.717, 1.165) is 49.6 Å². The minimum absolute atomic E-state index is 0.0239. The number of hydrogen-bond acceptors (Lipinski definition) is 4. The summed E-state index contributed by atoms with van der Waals surface area (Å²) in [7, 11) is 0. The summed E-state index contributed by atoms with van der Waals surface area (Å²) in [5, 5.41) is 3.70.